The van der Waals surface area contributed by atoms with Gasteiger partial charge in [0.05, 0.1) is 4.90 Å². The van der Waals surface area contributed by atoms with Crippen molar-refractivity contribution in [3.05, 3.63) is 24.3 Å². The van der Waals surface area contributed by atoms with Crippen molar-refractivity contribution in [1.29, 1.82) is 0 Å². The second kappa shape index (κ2) is 5.92. The second-order valence-electron chi connectivity index (χ2n) is 5.28. The summed E-state index contributed by atoms with van der Waals surface area (Å²) in [7, 11) is -1.08. The van der Waals surface area contributed by atoms with E-state index in [9.17, 15) is 8.42 Å². The van der Waals surface area contributed by atoms with Crippen molar-refractivity contribution in [3.63, 3.8) is 0 Å². The zero-order valence-electron chi connectivity index (χ0n) is 11.5. The maximum atomic E-state index is 11.4. The molecule has 1 aliphatic carbocycles. The number of nitrogens with one attached hydrogen (secondary N) is 2. The molecule has 0 heterocycles. The summed E-state index contributed by atoms with van der Waals surface area (Å²) in [6, 6.07) is 8.16. The number of rotatable bonds is 4. The molecule has 1 aromatic carbocycles. The molecular formula is C14H22N2O2S. The standard InChI is InChI=1S/C14H22N2O2S/c1-15-11-3-5-12(6-4-11)16-13-7-9-14(10-8-13)19(2,17)18/h7-12,15-16H,3-6H2,1-2H3. The Kier molecular flexibility index (Phi) is 4.47. The van der Waals surface area contributed by atoms with Crippen molar-refractivity contribution in [2.75, 3.05) is 18.6 Å². The van der Waals surface area contributed by atoms with Gasteiger partial charge in [-0.25, -0.2) is 8.42 Å². The molecule has 1 aliphatic rings. The Balaban J connectivity index is 1.94. The summed E-state index contributed by atoms with van der Waals surface area (Å²) in [5, 5.41) is 6.80. The van der Waals surface area contributed by atoms with Crippen LogP contribution in [0.4, 0.5) is 5.69 Å². The van der Waals surface area contributed by atoms with E-state index in [0.717, 1.165) is 18.5 Å². The van der Waals surface area contributed by atoms with Crippen LogP contribution in [0.1, 0.15) is 25.7 Å². The molecule has 0 spiro atoms. The highest BCUT2D eigenvalue weighted by Gasteiger charge is 2.19. The van der Waals surface area contributed by atoms with Gasteiger partial charge in [0.25, 0.3) is 0 Å². The van der Waals surface area contributed by atoms with Crippen molar-refractivity contribution in [3.8, 4) is 0 Å². The average molecular weight is 282 g/mol. The molecule has 0 atom stereocenters. The molecule has 4 nitrogen and oxygen atoms in total. The van der Waals surface area contributed by atoms with E-state index in [1.54, 1.807) is 12.1 Å². The number of hydrogen-bond donors (Lipinski definition) is 2. The average Bonchev–Trinajstić information content (AvgIpc) is 2.39. The highest BCUT2D eigenvalue weighted by atomic mass is 32.2. The molecule has 0 amide bonds. The zero-order chi connectivity index (χ0) is 13.9. The van der Waals surface area contributed by atoms with Gasteiger partial charge in [0.15, 0.2) is 9.84 Å². The molecule has 106 valence electrons. The van der Waals surface area contributed by atoms with E-state index in [1.165, 1.54) is 19.1 Å². The summed E-state index contributed by atoms with van der Waals surface area (Å²) in [5.41, 5.74) is 1.00. The molecule has 0 bridgehead atoms. The maximum absolute atomic E-state index is 11.4. The van der Waals surface area contributed by atoms with Gasteiger partial charge in [-0.2, -0.15) is 0 Å². The van der Waals surface area contributed by atoms with Crippen LogP contribution >= 0.6 is 0 Å². The lowest BCUT2D eigenvalue weighted by molar-refractivity contribution is 0.371. The summed E-state index contributed by atoms with van der Waals surface area (Å²) in [6.07, 6.45) is 5.91. The highest BCUT2D eigenvalue weighted by molar-refractivity contribution is 7.90. The Hall–Kier alpha value is -1.07. The fourth-order valence-corrected chi connectivity index (χ4v) is 3.19. The van der Waals surface area contributed by atoms with Crippen LogP contribution in [0.3, 0.4) is 0 Å². The zero-order valence-corrected chi connectivity index (χ0v) is 12.3. The predicted octanol–water partition coefficient (Wildman–Crippen LogP) is 2.03. The van der Waals surface area contributed by atoms with Crippen molar-refractivity contribution in [2.24, 2.45) is 0 Å². The van der Waals surface area contributed by atoms with E-state index in [2.05, 4.69) is 10.6 Å². The van der Waals surface area contributed by atoms with E-state index in [1.807, 2.05) is 19.2 Å². The molecule has 1 fully saturated rings. The number of sulfone groups is 1. The van der Waals surface area contributed by atoms with Gasteiger partial charge in [-0.15, -0.1) is 0 Å². The summed E-state index contributed by atoms with van der Waals surface area (Å²) < 4.78 is 22.8. The Morgan fingerprint density at radius 3 is 2.00 bits per heavy atom. The Bertz CT molecular complexity index is 503. The first kappa shape index (κ1) is 14.3. The van der Waals surface area contributed by atoms with Crippen molar-refractivity contribution in [2.45, 2.75) is 42.7 Å². The third-order valence-corrected chi connectivity index (χ3v) is 4.92. The minimum absolute atomic E-state index is 0.372. The van der Waals surface area contributed by atoms with Crippen molar-refractivity contribution >= 4 is 15.5 Å². The lowest BCUT2D eigenvalue weighted by Gasteiger charge is -2.29. The van der Waals surface area contributed by atoms with Crippen LogP contribution in [-0.4, -0.2) is 33.8 Å². The molecule has 0 aromatic heterocycles. The van der Waals surface area contributed by atoms with Gasteiger partial charge in [0, 0.05) is 24.0 Å². The maximum Gasteiger partial charge on any atom is 0.175 e. The van der Waals surface area contributed by atoms with E-state index in [-0.39, 0.29) is 0 Å². The molecule has 5 heteroatoms. The monoisotopic (exact) mass is 282 g/mol. The third kappa shape index (κ3) is 3.94. The highest BCUT2D eigenvalue weighted by Crippen LogP contribution is 2.22. The summed E-state index contributed by atoms with van der Waals surface area (Å²) in [5.74, 6) is 0. The first-order valence-corrected chi connectivity index (χ1v) is 8.62. The Labute approximate surface area is 115 Å². The normalized spacial score (nSPS) is 24.1. The lowest BCUT2D eigenvalue weighted by Crippen LogP contribution is -2.34. The van der Waals surface area contributed by atoms with Gasteiger partial charge in [-0.3, -0.25) is 0 Å². The number of hydrogen-bond acceptors (Lipinski definition) is 4. The fourth-order valence-electron chi connectivity index (χ4n) is 2.56. The van der Waals surface area contributed by atoms with Crippen LogP contribution in [-0.2, 0) is 9.84 Å². The number of benzene rings is 1. The Morgan fingerprint density at radius 2 is 1.53 bits per heavy atom. The smallest absolute Gasteiger partial charge is 0.175 e. The van der Waals surface area contributed by atoms with Crippen LogP contribution in [0.15, 0.2) is 29.2 Å². The van der Waals surface area contributed by atoms with Crippen LogP contribution in [0.2, 0.25) is 0 Å². The molecule has 0 saturated heterocycles. The molecule has 1 aromatic rings. The minimum atomic E-state index is -3.10. The quantitative estimate of drug-likeness (QED) is 0.887. The van der Waals surface area contributed by atoms with E-state index >= 15 is 0 Å². The van der Waals surface area contributed by atoms with Gasteiger partial charge in [-0.05, 0) is 57.0 Å². The second-order valence-corrected chi connectivity index (χ2v) is 7.29. The first-order chi connectivity index (χ1) is 8.99. The topological polar surface area (TPSA) is 58.2 Å². The van der Waals surface area contributed by atoms with Crippen LogP contribution < -0.4 is 10.6 Å². The fraction of sp³-hybridized carbons (Fsp3) is 0.571. The van der Waals surface area contributed by atoms with Gasteiger partial charge in [0.1, 0.15) is 0 Å². The van der Waals surface area contributed by atoms with Gasteiger partial charge in [0.2, 0.25) is 0 Å². The molecule has 0 radical (unpaired) electrons. The largest absolute Gasteiger partial charge is 0.382 e. The summed E-state index contributed by atoms with van der Waals surface area (Å²) >= 11 is 0. The summed E-state index contributed by atoms with van der Waals surface area (Å²) in [6.45, 7) is 0. The third-order valence-electron chi connectivity index (χ3n) is 3.79. The molecule has 19 heavy (non-hydrogen) atoms. The molecule has 2 N–H and O–H groups in total. The SMILES string of the molecule is CNC1CCC(Nc2ccc(S(C)(=O)=O)cc2)CC1. The van der Waals surface area contributed by atoms with Gasteiger partial charge in [-0.1, -0.05) is 0 Å². The van der Waals surface area contributed by atoms with E-state index in [4.69, 9.17) is 0 Å². The van der Waals surface area contributed by atoms with Gasteiger partial charge >= 0.3 is 0 Å². The summed E-state index contributed by atoms with van der Waals surface area (Å²) in [4.78, 5) is 0.372. The van der Waals surface area contributed by atoms with Crippen molar-refractivity contribution in [1.82, 2.24) is 5.32 Å². The van der Waals surface area contributed by atoms with Gasteiger partial charge < -0.3 is 10.6 Å². The molecule has 1 saturated carbocycles. The van der Waals surface area contributed by atoms with E-state index in [0.29, 0.717) is 17.0 Å². The lowest BCUT2D eigenvalue weighted by atomic mass is 9.91. The van der Waals surface area contributed by atoms with Crippen LogP contribution in [0.5, 0.6) is 0 Å². The molecule has 0 aliphatic heterocycles. The van der Waals surface area contributed by atoms with E-state index < -0.39 is 9.84 Å². The first-order valence-electron chi connectivity index (χ1n) is 6.73. The Morgan fingerprint density at radius 1 is 1.00 bits per heavy atom. The minimum Gasteiger partial charge on any atom is -0.382 e. The molecule has 0 unspecified atom stereocenters. The molecule has 2 rings (SSSR count). The predicted molar refractivity (Wildman–Crippen MR) is 78.3 cm³/mol. The van der Waals surface area contributed by atoms with Crippen LogP contribution in [0.25, 0.3) is 0 Å². The van der Waals surface area contributed by atoms with Crippen molar-refractivity contribution < 1.29 is 8.42 Å². The molecular weight excluding hydrogens is 260 g/mol. The number of anilines is 1. The van der Waals surface area contributed by atoms with Crippen LogP contribution in [0, 0.1) is 0 Å².